The van der Waals surface area contributed by atoms with E-state index in [1.165, 1.54) is 11.2 Å². The SMILES string of the molecule is Cc1cnc(CNc2cc(Br)ncn2)s1. The van der Waals surface area contributed by atoms with E-state index < -0.39 is 0 Å². The molecule has 0 saturated heterocycles. The van der Waals surface area contributed by atoms with Crippen molar-refractivity contribution in [2.24, 2.45) is 0 Å². The predicted octanol–water partition coefficient (Wildman–Crippen LogP) is 2.62. The monoisotopic (exact) mass is 284 g/mol. The van der Waals surface area contributed by atoms with Crippen molar-refractivity contribution in [2.45, 2.75) is 13.5 Å². The van der Waals surface area contributed by atoms with E-state index in [1.54, 1.807) is 11.3 Å². The van der Waals surface area contributed by atoms with Crippen molar-refractivity contribution in [1.29, 1.82) is 0 Å². The summed E-state index contributed by atoms with van der Waals surface area (Å²) < 4.78 is 0.773. The van der Waals surface area contributed by atoms with Gasteiger partial charge in [-0.05, 0) is 22.9 Å². The number of nitrogens with one attached hydrogen (secondary N) is 1. The molecule has 0 spiro atoms. The quantitative estimate of drug-likeness (QED) is 0.881. The van der Waals surface area contributed by atoms with Gasteiger partial charge in [-0.2, -0.15) is 0 Å². The molecule has 78 valence electrons. The molecule has 0 aliphatic rings. The second kappa shape index (κ2) is 4.67. The molecule has 2 aromatic rings. The maximum absolute atomic E-state index is 4.25. The van der Waals surface area contributed by atoms with E-state index in [4.69, 9.17) is 0 Å². The zero-order chi connectivity index (χ0) is 10.7. The minimum Gasteiger partial charge on any atom is -0.363 e. The van der Waals surface area contributed by atoms with Gasteiger partial charge in [0.15, 0.2) is 0 Å². The Labute approximate surface area is 99.9 Å². The van der Waals surface area contributed by atoms with E-state index in [-0.39, 0.29) is 0 Å². The lowest BCUT2D eigenvalue weighted by molar-refractivity contribution is 1.05. The van der Waals surface area contributed by atoms with Crippen LogP contribution < -0.4 is 5.32 Å². The first-order chi connectivity index (χ1) is 7.24. The topological polar surface area (TPSA) is 50.7 Å². The number of rotatable bonds is 3. The Bertz CT molecular complexity index is 457. The molecule has 0 radical (unpaired) electrons. The summed E-state index contributed by atoms with van der Waals surface area (Å²) in [6, 6.07) is 1.83. The van der Waals surface area contributed by atoms with Crippen LogP contribution in [0.5, 0.6) is 0 Å². The first kappa shape index (κ1) is 10.5. The lowest BCUT2D eigenvalue weighted by atomic mass is 10.5. The van der Waals surface area contributed by atoms with Gasteiger partial charge in [0, 0.05) is 17.1 Å². The summed E-state index contributed by atoms with van der Waals surface area (Å²) in [5, 5.41) is 4.24. The van der Waals surface area contributed by atoms with E-state index >= 15 is 0 Å². The van der Waals surface area contributed by atoms with Crippen molar-refractivity contribution in [1.82, 2.24) is 15.0 Å². The zero-order valence-electron chi connectivity index (χ0n) is 8.07. The number of halogens is 1. The summed E-state index contributed by atoms with van der Waals surface area (Å²) >= 11 is 4.97. The second-order valence-electron chi connectivity index (χ2n) is 2.94. The first-order valence-corrected chi connectivity index (χ1v) is 5.98. The number of hydrogen-bond acceptors (Lipinski definition) is 5. The zero-order valence-corrected chi connectivity index (χ0v) is 10.5. The van der Waals surface area contributed by atoms with Gasteiger partial charge in [0.1, 0.15) is 21.8 Å². The third-order valence-electron chi connectivity index (χ3n) is 1.72. The molecule has 0 atom stereocenters. The van der Waals surface area contributed by atoms with Crippen molar-refractivity contribution >= 4 is 33.1 Å². The van der Waals surface area contributed by atoms with Crippen molar-refractivity contribution in [3.8, 4) is 0 Å². The minimum atomic E-state index is 0.696. The molecular formula is C9H9BrN4S. The molecular weight excluding hydrogens is 276 g/mol. The molecule has 0 amide bonds. The number of nitrogens with zero attached hydrogens (tertiary/aromatic N) is 3. The van der Waals surface area contributed by atoms with Crippen LogP contribution in [0.15, 0.2) is 23.2 Å². The third kappa shape index (κ3) is 2.97. The second-order valence-corrected chi connectivity index (χ2v) is 5.08. The fourth-order valence-electron chi connectivity index (χ4n) is 1.08. The molecule has 0 aliphatic heterocycles. The number of anilines is 1. The molecule has 0 aliphatic carbocycles. The highest BCUT2D eigenvalue weighted by molar-refractivity contribution is 9.10. The Balaban J connectivity index is 1.99. The number of thiazole rings is 1. The summed E-state index contributed by atoms with van der Waals surface area (Å²) in [6.45, 7) is 2.74. The van der Waals surface area contributed by atoms with E-state index in [2.05, 4.69) is 36.2 Å². The van der Waals surface area contributed by atoms with Gasteiger partial charge in [0.05, 0.1) is 6.54 Å². The fourth-order valence-corrected chi connectivity index (χ4v) is 2.11. The van der Waals surface area contributed by atoms with Gasteiger partial charge in [0.2, 0.25) is 0 Å². The van der Waals surface area contributed by atoms with Crippen LogP contribution in [0.2, 0.25) is 0 Å². The number of aromatic nitrogens is 3. The molecule has 2 heterocycles. The van der Waals surface area contributed by atoms with Crippen molar-refractivity contribution < 1.29 is 0 Å². The molecule has 0 unspecified atom stereocenters. The number of hydrogen-bond donors (Lipinski definition) is 1. The average Bonchev–Trinajstić information content (AvgIpc) is 2.62. The standard InChI is InChI=1S/C9H9BrN4S/c1-6-3-12-9(15-6)4-11-8-2-7(10)13-5-14-8/h2-3,5H,4H2,1H3,(H,11,13,14). The van der Waals surface area contributed by atoms with Crippen LogP contribution in [0.1, 0.15) is 9.88 Å². The highest BCUT2D eigenvalue weighted by Gasteiger charge is 1.99. The lowest BCUT2D eigenvalue weighted by Gasteiger charge is -2.02. The molecule has 4 nitrogen and oxygen atoms in total. The molecule has 15 heavy (non-hydrogen) atoms. The van der Waals surface area contributed by atoms with Crippen LogP contribution >= 0.6 is 27.3 Å². The highest BCUT2D eigenvalue weighted by atomic mass is 79.9. The van der Waals surface area contributed by atoms with Crippen LogP contribution in [-0.4, -0.2) is 15.0 Å². The van der Waals surface area contributed by atoms with Gasteiger partial charge in [-0.1, -0.05) is 0 Å². The van der Waals surface area contributed by atoms with Crippen LogP contribution in [0, 0.1) is 6.92 Å². The van der Waals surface area contributed by atoms with Crippen molar-refractivity contribution in [2.75, 3.05) is 5.32 Å². The predicted molar refractivity (Wildman–Crippen MR) is 63.9 cm³/mol. The van der Waals surface area contributed by atoms with Crippen LogP contribution in [0.3, 0.4) is 0 Å². The van der Waals surface area contributed by atoms with E-state index in [0.717, 1.165) is 15.4 Å². The van der Waals surface area contributed by atoms with Gasteiger partial charge in [-0.15, -0.1) is 11.3 Å². The van der Waals surface area contributed by atoms with E-state index in [0.29, 0.717) is 6.54 Å². The van der Waals surface area contributed by atoms with Gasteiger partial charge >= 0.3 is 0 Å². The van der Waals surface area contributed by atoms with Crippen molar-refractivity contribution in [3.05, 3.63) is 33.1 Å². The van der Waals surface area contributed by atoms with E-state index in [9.17, 15) is 0 Å². The molecule has 2 aromatic heterocycles. The molecule has 6 heteroatoms. The summed E-state index contributed by atoms with van der Waals surface area (Å²) in [5.74, 6) is 0.796. The molecule has 0 aromatic carbocycles. The van der Waals surface area contributed by atoms with Gasteiger partial charge in [0.25, 0.3) is 0 Å². The lowest BCUT2D eigenvalue weighted by Crippen LogP contribution is -2.00. The smallest absolute Gasteiger partial charge is 0.130 e. The Morgan fingerprint density at radius 2 is 2.27 bits per heavy atom. The van der Waals surface area contributed by atoms with E-state index in [1.807, 2.05) is 19.2 Å². The maximum Gasteiger partial charge on any atom is 0.130 e. The largest absolute Gasteiger partial charge is 0.363 e. The molecule has 0 saturated carbocycles. The fraction of sp³-hybridized carbons (Fsp3) is 0.222. The normalized spacial score (nSPS) is 10.3. The maximum atomic E-state index is 4.25. The molecule has 1 N–H and O–H groups in total. The van der Waals surface area contributed by atoms with Gasteiger partial charge in [-0.3, -0.25) is 0 Å². The Kier molecular flexibility index (Phi) is 3.27. The van der Waals surface area contributed by atoms with Gasteiger partial charge < -0.3 is 5.32 Å². The molecule has 0 bridgehead atoms. The summed E-state index contributed by atoms with van der Waals surface area (Å²) in [7, 11) is 0. The van der Waals surface area contributed by atoms with Gasteiger partial charge in [-0.25, -0.2) is 15.0 Å². The number of aryl methyl sites for hydroxylation is 1. The Morgan fingerprint density at radius 1 is 1.40 bits per heavy atom. The minimum absolute atomic E-state index is 0.696. The summed E-state index contributed by atoms with van der Waals surface area (Å²) in [4.78, 5) is 13.5. The third-order valence-corrected chi connectivity index (χ3v) is 3.07. The van der Waals surface area contributed by atoms with Crippen LogP contribution in [0.25, 0.3) is 0 Å². The van der Waals surface area contributed by atoms with Crippen LogP contribution in [-0.2, 0) is 6.54 Å². The Morgan fingerprint density at radius 3 is 2.93 bits per heavy atom. The highest BCUT2D eigenvalue weighted by Crippen LogP contribution is 2.14. The first-order valence-electron chi connectivity index (χ1n) is 4.37. The summed E-state index contributed by atoms with van der Waals surface area (Å²) in [5.41, 5.74) is 0. The summed E-state index contributed by atoms with van der Waals surface area (Å²) in [6.07, 6.45) is 3.39. The van der Waals surface area contributed by atoms with Crippen molar-refractivity contribution in [3.63, 3.8) is 0 Å². The Hall–Kier alpha value is -1.01. The average molecular weight is 285 g/mol. The molecule has 0 fully saturated rings. The van der Waals surface area contributed by atoms with Crippen LogP contribution in [0.4, 0.5) is 5.82 Å². The molecule has 2 rings (SSSR count).